The molecule has 1 saturated heterocycles. The smallest absolute Gasteiger partial charge is 0.325 e. The van der Waals surface area contributed by atoms with Crippen LogP contribution in [0.3, 0.4) is 0 Å². The Hall–Kier alpha value is -3.23. The number of nitrogens with one attached hydrogen (secondary N) is 1. The fourth-order valence-electron chi connectivity index (χ4n) is 2.93. The molecule has 2 amide bonds. The van der Waals surface area contributed by atoms with E-state index in [2.05, 4.69) is 25.0 Å². The molecule has 4 heterocycles. The molecule has 3 aromatic heterocycles. The second-order valence-corrected chi connectivity index (χ2v) is 6.53. The van der Waals surface area contributed by atoms with Gasteiger partial charge in [0.15, 0.2) is 11.5 Å². The quantitative estimate of drug-likeness (QED) is 0.777. The third-order valence-electron chi connectivity index (χ3n) is 4.63. The number of amides is 2. The maximum absolute atomic E-state index is 12.2. The zero-order chi connectivity index (χ0) is 18.4. The van der Waals surface area contributed by atoms with E-state index in [4.69, 9.17) is 0 Å². The van der Waals surface area contributed by atoms with E-state index in [0.717, 1.165) is 17.0 Å². The highest BCUT2D eigenvalue weighted by atomic mass is 16.2. The monoisotopic (exact) mass is 352 g/mol. The SMILES string of the molecule is Cc1ncc(C)n2nc(/C=C/c3ncc(N4CC(C)N(C)C4=O)[nH]3)nc12. The molecule has 0 spiro atoms. The largest absolute Gasteiger partial charge is 0.325 e. The van der Waals surface area contributed by atoms with Crippen molar-refractivity contribution in [2.75, 3.05) is 18.5 Å². The van der Waals surface area contributed by atoms with Crippen molar-refractivity contribution in [3.63, 3.8) is 0 Å². The third kappa shape index (κ3) is 2.61. The summed E-state index contributed by atoms with van der Waals surface area (Å²) in [6.07, 6.45) is 7.02. The first-order chi connectivity index (χ1) is 12.4. The predicted octanol–water partition coefficient (Wildman–Crippen LogP) is 1.89. The predicted molar refractivity (Wildman–Crippen MR) is 97.7 cm³/mol. The summed E-state index contributed by atoms with van der Waals surface area (Å²) in [7, 11) is 1.80. The van der Waals surface area contributed by atoms with Crippen LogP contribution in [0.25, 0.3) is 17.8 Å². The van der Waals surface area contributed by atoms with Gasteiger partial charge in [0.25, 0.3) is 0 Å². The van der Waals surface area contributed by atoms with Crippen molar-refractivity contribution in [1.82, 2.24) is 34.4 Å². The summed E-state index contributed by atoms with van der Waals surface area (Å²) in [5.74, 6) is 1.90. The number of carbonyl (C=O) groups is 1. The third-order valence-corrected chi connectivity index (χ3v) is 4.63. The van der Waals surface area contributed by atoms with Crippen LogP contribution in [0.5, 0.6) is 0 Å². The topological polar surface area (TPSA) is 95.3 Å². The highest BCUT2D eigenvalue weighted by molar-refractivity contribution is 5.93. The molecule has 4 rings (SSSR count). The fraction of sp³-hybridized carbons (Fsp3) is 0.353. The molecule has 9 heteroatoms. The van der Waals surface area contributed by atoms with Gasteiger partial charge < -0.3 is 9.88 Å². The number of rotatable bonds is 3. The molecule has 3 aromatic rings. The minimum Gasteiger partial charge on any atom is -0.325 e. The maximum atomic E-state index is 12.2. The second-order valence-electron chi connectivity index (χ2n) is 6.53. The molecule has 134 valence electrons. The van der Waals surface area contributed by atoms with E-state index in [1.807, 2.05) is 20.8 Å². The molecular formula is C17H20N8O. The molecule has 1 unspecified atom stereocenters. The summed E-state index contributed by atoms with van der Waals surface area (Å²) >= 11 is 0. The van der Waals surface area contributed by atoms with Crippen LogP contribution in [0.15, 0.2) is 12.4 Å². The summed E-state index contributed by atoms with van der Waals surface area (Å²) in [5, 5.41) is 4.47. The summed E-state index contributed by atoms with van der Waals surface area (Å²) in [6.45, 7) is 6.50. The number of carbonyl (C=O) groups excluding carboxylic acids is 1. The van der Waals surface area contributed by atoms with Crippen LogP contribution in [-0.4, -0.2) is 60.1 Å². The van der Waals surface area contributed by atoms with E-state index in [1.165, 1.54) is 0 Å². The van der Waals surface area contributed by atoms with E-state index >= 15 is 0 Å². The highest BCUT2D eigenvalue weighted by Crippen LogP contribution is 2.21. The van der Waals surface area contributed by atoms with Crippen LogP contribution in [0.2, 0.25) is 0 Å². The minimum absolute atomic E-state index is 0.0304. The average Bonchev–Trinajstić information content (AvgIpc) is 3.32. The lowest BCUT2D eigenvalue weighted by Crippen LogP contribution is -2.30. The van der Waals surface area contributed by atoms with Crippen molar-refractivity contribution in [3.05, 3.63) is 35.4 Å². The number of likely N-dealkylation sites (N-methyl/N-ethyl adjacent to an activating group) is 1. The van der Waals surface area contributed by atoms with Crippen LogP contribution >= 0.6 is 0 Å². The first-order valence-corrected chi connectivity index (χ1v) is 8.40. The van der Waals surface area contributed by atoms with Crippen LogP contribution in [0.4, 0.5) is 10.6 Å². The van der Waals surface area contributed by atoms with Gasteiger partial charge in [-0.15, -0.1) is 5.10 Å². The molecule has 1 atom stereocenters. The molecule has 0 aromatic carbocycles. The Morgan fingerprint density at radius 3 is 2.73 bits per heavy atom. The van der Waals surface area contributed by atoms with Crippen molar-refractivity contribution in [2.24, 2.45) is 0 Å². The lowest BCUT2D eigenvalue weighted by molar-refractivity contribution is 0.221. The normalized spacial score (nSPS) is 18.0. The Morgan fingerprint density at radius 2 is 2.04 bits per heavy atom. The van der Waals surface area contributed by atoms with Crippen molar-refractivity contribution < 1.29 is 4.79 Å². The molecule has 26 heavy (non-hydrogen) atoms. The van der Waals surface area contributed by atoms with Crippen molar-refractivity contribution in [2.45, 2.75) is 26.8 Å². The molecule has 1 aliphatic rings. The average molecular weight is 352 g/mol. The summed E-state index contributed by atoms with van der Waals surface area (Å²) in [5.41, 5.74) is 2.49. The summed E-state index contributed by atoms with van der Waals surface area (Å²) < 4.78 is 1.77. The molecule has 1 aliphatic heterocycles. The zero-order valence-corrected chi connectivity index (χ0v) is 15.1. The molecule has 1 N–H and O–H groups in total. The lowest BCUT2D eigenvalue weighted by Gasteiger charge is -2.13. The number of aromatic nitrogens is 6. The Morgan fingerprint density at radius 1 is 1.23 bits per heavy atom. The van der Waals surface area contributed by atoms with Crippen molar-refractivity contribution >= 4 is 29.6 Å². The Bertz CT molecular complexity index is 978. The number of urea groups is 1. The number of aromatic amines is 1. The standard InChI is InChI=1S/C17H20N8O/c1-10-7-18-12(3)16-21-14(22-25(10)16)6-5-13-19-8-15(20-13)24-9-11(2)23(4)17(24)26/h5-8,11H,9H2,1-4H3,(H,19,20)/b6-5+. The molecule has 0 bridgehead atoms. The molecule has 0 saturated carbocycles. The first kappa shape index (κ1) is 16.2. The number of H-pyrrole nitrogens is 1. The van der Waals surface area contributed by atoms with E-state index in [9.17, 15) is 4.79 Å². The van der Waals surface area contributed by atoms with Crippen molar-refractivity contribution in [3.8, 4) is 0 Å². The second kappa shape index (κ2) is 5.94. The first-order valence-electron chi connectivity index (χ1n) is 8.40. The number of hydrogen-bond acceptors (Lipinski definition) is 5. The van der Waals surface area contributed by atoms with Crippen molar-refractivity contribution in [1.29, 1.82) is 0 Å². The van der Waals surface area contributed by atoms with E-state index in [1.54, 1.807) is 45.9 Å². The number of anilines is 1. The molecule has 0 radical (unpaired) electrons. The Kier molecular flexibility index (Phi) is 3.71. The van der Waals surface area contributed by atoms with E-state index < -0.39 is 0 Å². The van der Waals surface area contributed by atoms with Gasteiger partial charge in [-0.3, -0.25) is 9.88 Å². The van der Waals surface area contributed by atoms with Gasteiger partial charge >= 0.3 is 6.03 Å². The number of nitrogens with zero attached hydrogens (tertiary/aromatic N) is 7. The number of hydrogen-bond donors (Lipinski definition) is 1. The molecule has 9 nitrogen and oxygen atoms in total. The summed E-state index contributed by atoms with van der Waals surface area (Å²) in [4.78, 5) is 31.9. The van der Waals surface area contributed by atoms with Crippen LogP contribution in [0.1, 0.15) is 30.0 Å². The van der Waals surface area contributed by atoms with Gasteiger partial charge in [-0.05, 0) is 32.9 Å². The van der Waals surface area contributed by atoms with Gasteiger partial charge in [-0.2, -0.15) is 0 Å². The van der Waals surface area contributed by atoms with Gasteiger partial charge in [-0.1, -0.05) is 0 Å². The highest BCUT2D eigenvalue weighted by Gasteiger charge is 2.33. The zero-order valence-electron chi connectivity index (χ0n) is 15.1. The molecular weight excluding hydrogens is 332 g/mol. The Labute approximate surface area is 150 Å². The number of imidazole rings is 1. The van der Waals surface area contributed by atoms with Gasteiger partial charge in [0.1, 0.15) is 11.6 Å². The van der Waals surface area contributed by atoms with Gasteiger partial charge in [0.2, 0.25) is 0 Å². The number of aryl methyl sites for hydroxylation is 2. The fourth-order valence-corrected chi connectivity index (χ4v) is 2.93. The van der Waals surface area contributed by atoms with E-state index in [0.29, 0.717) is 24.0 Å². The summed E-state index contributed by atoms with van der Waals surface area (Å²) in [6, 6.07) is 0.143. The van der Waals surface area contributed by atoms with Gasteiger partial charge in [0.05, 0.1) is 17.6 Å². The van der Waals surface area contributed by atoms with Gasteiger partial charge in [-0.25, -0.2) is 19.3 Å². The van der Waals surface area contributed by atoms with Crippen LogP contribution in [-0.2, 0) is 0 Å². The minimum atomic E-state index is -0.0304. The molecule has 0 aliphatic carbocycles. The Balaban J connectivity index is 1.57. The van der Waals surface area contributed by atoms with Crippen LogP contribution < -0.4 is 4.90 Å². The van der Waals surface area contributed by atoms with E-state index in [-0.39, 0.29) is 12.1 Å². The number of fused-ring (bicyclic) bond motifs is 1. The van der Waals surface area contributed by atoms with Gasteiger partial charge in [0, 0.05) is 25.8 Å². The van der Waals surface area contributed by atoms with Crippen LogP contribution in [0, 0.1) is 13.8 Å². The lowest BCUT2D eigenvalue weighted by atomic mass is 10.3. The maximum Gasteiger partial charge on any atom is 0.325 e. The molecule has 1 fully saturated rings.